The molecule has 0 aliphatic carbocycles. The molecule has 0 amide bonds. The Morgan fingerprint density at radius 1 is 0.938 bits per heavy atom. The predicted octanol–water partition coefficient (Wildman–Crippen LogP) is 4.95. The van der Waals surface area contributed by atoms with E-state index in [1.54, 1.807) is 0 Å². The van der Waals surface area contributed by atoms with Gasteiger partial charge in [0.2, 0.25) is 0 Å². The van der Waals surface area contributed by atoms with Gasteiger partial charge in [0.25, 0.3) is 0 Å². The van der Waals surface area contributed by atoms with Crippen LogP contribution in [0.15, 0.2) is 6.20 Å². The van der Waals surface area contributed by atoms with E-state index in [2.05, 4.69) is 58.7 Å². The third-order valence-corrected chi connectivity index (χ3v) is 1.90. The van der Waals surface area contributed by atoms with Crippen molar-refractivity contribution in [2.24, 2.45) is 5.92 Å². The second-order valence-electron chi connectivity index (χ2n) is 5.28. The number of H-pyrrole nitrogens is 1. The summed E-state index contributed by atoms with van der Waals surface area (Å²) in [6, 6.07) is 0. The minimum atomic E-state index is 0. The highest BCUT2D eigenvalue weighted by Crippen LogP contribution is 2.22. The monoisotopic (exact) mass is 226 g/mol. The van der Waals surface area contributed by atoms with Gasteiger partial charge in [0, 0.05) is 5.69 Å². The first-order valence-electron chi connectivity index (χ1n) is 5.89. The van der Waals surface area contributed by atoms with E-state index in [1.165, 1.54) is 11.3 Å². The fourth-order valence-corrected chi connectivity index (χ4v) is 1.23. The van der Waals surface area contributed by atoms with Crippen molar-refractivity contribution in [3.63, 3.8) is 0 Å². The van der Waals surface area contributed by atoms with Gasteiger partial charge < -0.3 is 0 Å². The molecule has 0 saturated heterocycles. The van der Waals surface area contributed by atoms with E-state index < -0.39 is 0 Å². The molecule has 1 N–H and O–H groups in total. The standard InChI is InChI=1S/C9H16N2.C4H10.CH4/c1-6(2)8-5-10-11-9(8)7(3)4;1-4(2)3;/h5-7H,1-4H3,(H,10,11);4H,1-3H3;1H4. The zero-order valence-corrected chi connectivity index (χ0v) is 11.3. The molecule has 0 bridgehead atoms. The lowest BCUT2D eigenvalue weighted by Gasteiger charge is -2.07. The van der Waals surface area contributed by atoms with E-state index >= 15 is 0 Å². The Labute approximate surface area is 102 Å². The smallest absolute Gasteiger partial charge is 0.0524 e. The van der Waals surface area contributed by atoms with Crippen molar-refractivity contribution in [3.05, 3.63) is 17.5 Å². The first kappa shape index (κ1) is 17.6. The SMILES string of the molecule is C.CC(C)C.CC(C)c1cn[nH]c1C(C)C. The van der Waals surface area contributed by atoms with Crippen molar-refractivity contribution < 1.29 is 0 Å². The van der Waals surface area contributed by atoms with Crippen LogP contribution in [0, 0.1) is 5.92 Å². The van der Waals surface area contributed by atoms with Crippen LogP contribution in [0.1, 0.15) is 79.0 Å². The summed E-state index contributed by atoms with van der Waals surface area (Å²) in [6.07, 6.45) is 1.93. The number of hydrogen-bond acceptors (Lipinski definition) is 1. The van der Waals surface area contributed by atoms with Crippen LogP contribution in [0.25, 0.3) is 0 Å². The molecular formula is C14H30N2. The van der Waals surface area contributed by atoms with E-state index in [-0.39, 0.29) is 7.43 Å². The summed E-state index contributed by atoms with van der Waals surface area (Å²) < 4.78 is 0. The van der Waals surface area contributed by atoms with Crippen LogP contribution < -0.4 is 0 Å². The molecule has 2 nitrogen and oxygen atoms in total. The van der Waals surface area contributed by atoms with Crippen molar-refractivity contribution in [2.75, 3.05) is 0 Å². The van der Waals surface area contributed by atoms with E-state index in [9.17, 15) is 0 Å². The van der Waals surface area contributed by atoms with Gasteiger partial charge in [0.15, 0.2) is 0 Å². The summed E-state index contributed by atoms with van der Waals surface area (Å²) in [5.74, 6) is 1.96. The number of nitrogens with zero attached hydrogens (tertiary/aromatic N) is 1. The maximum absolute atomic E-state index is 4.04. The van der Waals surface area contributed by atoms with Gasteiger partial charge in [-0.15, -0.1) is 0 Å². The maximum Gasteiger partial charge on any atom is 0.0524 e. The van der Waals surface area contributed by atoms with Gasteiger partial charge in [0.1, 0.15) is 0 Å². The Balaban J connectivity index is 0. The third-order valence-electron chi connectivity index (χ3n) is 1.90. The van der Waals surface area contributed by atoms with Crippen LogP contribution in [0.3, 0.4) is 0 Å². The van der Waals surface area contributed by atoms with Crippen molar-refractivity contribution >= 4 is 0 Å². The fourth-order valence-electron chi connectivity index (χ4n) is 1.23. The van der Waals surface area contributed by atoms with Gasteiger partial charge >= 0.3 is 0 Å². The summed E-state index contributed by atoms with van der Waals surface area (Å²) >= 11 is 0. The minimum Gasteiger partial charge on any atom is -0.282 e. The van der Waals surface area contributed by atoms with Crippen LogP contribution in [0.4, 0.5) is 0 Å². The summed E-state index contributed by atoms with van der Waals surface area (Å²) in [5.41, 5.74) is 2.62. The maximum atomic E-state index is 4.04. The second kappa shape index (κ2) is 8.37. The Kier molecular flexibility index (Phi) is 9.21. The molecule has 16 heavy (non-hydrogen) atoms. The fraction of sp³-hybridized carbons (Fsp3) is 0.786. The molecule has 1 aromatic rings. The van der Waals surface area contributed by atoms with E-state index in [1.807, 2.05) is 6.20 Å². The highest BCUT2D eigenvalue weighted by atomic mass is 15.1. The number of aromatic amines is 1. The Bertz CT molecular complexity index is 234. The molecule has 1 rings (SSSR count). The summed E-state index contributed by atoms with van der Waals surface area (Å²) in [5, 5.41) is 7.08. The zero-order valence-electron chi connectivity index (χ0n) is 11.3. The predicted molar refractivity (Wildman–Crippen MR) is 74.0 cm³/mol. The lowest BCUT2D eigenvalue weighted by atomic mass is 9.98. The molecule has 0 unspecified atom stereocenters. The summed E-state index contributed by atoms with van der Waals surface area (Å²) in [6.45, 7) is 15.2. The van der Waals surface area contributed by atoms with Crippen LogP contribution in [-0.2, 0) is 0 Å². The highest BCUT2D eigenvalue weighted by molar-refractivity contribution is 5.22. The van der Waals surface area contributed by atoms with Crippen LogP contribution in [0.2, 0.25) is 0 Å². The Hall–Kier alpha value is -0.790. The molecule has 0 aromatic carbocycles. The number of rotatable bonds is 2. The molecule has 1 aromatic heterocycles. The number of aromatic nitrogens is 2. The van der Waals surface area contributed by atoms with Gasteiger partial charge in [-0.2, -0.15) is 5.10 Å². The summed E-state index contributed by atoms with van der Waals surface area (Å²) in [4.78, 5) is 0. The first-order valence-corrected chi connectivity index (χ1v) is 5.89. The molecule has 0 atom stereocenters. The minimum absolute atomic E-state index is 0. The second-order valence-corrected chi connectivity index (χ2v) is 5.28. The van der Waals surface area contributed by atoms with Crippen LogP contribution >= 0.6 is 0 Å². The van der Waals surface area contributed by atoms with E-state index in [0.29, 0.717) is 11.8 Å². The van der Waals surface area contributed by atoms with Crippen molar-refractivity contribution in [3.8, 4) is 0 Å². The van der Waals surface area contributed by atoms with Crippen molar-refractivity contribution in [2.45, 2.75) is 67.7 Å². The topological polar surface area (TPSA) is 28.7 Å². The Morgan fingerprint density at radius 3 is 1.62 bits per heavy atom. The Morgan fingerprint density at radius 2 is 1.38 bits per heavy atom. The quantitative estimate of drug-likeness (QED) is 0.759. The molecule has 96 valence electrons. The number of hydrogen-bond donors (Lipinski definition) is 1. The molecule has 0 radical (unpaired) electrons. The summed E-state index contributed by atoms with van der Waals surface area (Å²) in [7, 11) is 0. The molecule has 0 aliphatic heterocycles. The van der Waals surface area contributed by atoms with Gasteiger partial charge in [-0.1, -0.05) is 55.9 Å². The third kappa shape index (κ3) is 6.65. The molecule has 0 fully saturated rings. The van der Waals surface area contributed by atoms with Crippen LogP contribution in [0.5, 0.6) is 0 Å². The molecule has 1 heterocycles. The van der Waals surface area contributed by atoms with Crippen molar-refractivity contribution in [1.29, 1.82) is 0 Å². The van der Waals surface area contributed by atoms with Gasteiger partial charge in [-0.05, 0) is 23.3 Å². The molecule has 0 aliphatic rings. The van der Waals surface area contributed by atoms with Gasteiger partial charge in [-0.25, -0.2) is 0 Å². The highest BCUT2D eigenvalue weighted by Gasteiger charge is 2.10. The number of nitrogens with one attached hydrogen (secondary N) is 1. The van der Waals surface area contributed by atoms with Gasteiger partial charge in [-0.3, -0.25) is 5.10 Å². The molecule has 0 spiro atoms. The molecule has 0 saturated carbocycles. The van der Waals surface area contributed by atoms with Crippen LogP contribution in [-0.4, -0.2) is 10.2 Å². The molecule has 2 heteroatoms. The average Bonchev–Trinajstić information content (AvgIpc) is 2.49. The average molecular weight is 226 g/mol. The zero-order chi connectivity index (χ0) is 12.0. The van der Waals surface area contributed by atoms with Gasteiger partial charge in [0.05, 0.1) is 6.20 Å². The lowest BCUT2D eigenvalue weighted by Crippen LogP contribution is -1.95. The normalized spacial score (nSPS) is 10.1. The molecular weight excluding hydrogens is 196 g/mol. The largest absolute Gasteiger partial charge is 0.282 e. The van der Waals surface area contributed by atoms with Crippen molar-refractivity contribution in [1.82, 2.24) is 10.2 Å². The van der Waals surface area contributed by atoms with E-state index in [0.717, 1.165) is 5.92 Å². The first-order chi connectivity index (χ1) is 6.86. The lowest BCUT2D eigenvalue weighted by molar-refractivity contribution is 0.737. The van der Waals surface area contributed by atoms with E-state index in [4.69, 9.17) is 0 Å².